The van der Waals surface area contributed by atoms with Crippen molar-refractivity contribution in [3.8, 4) is 0 Å². The molecule has 1 aromatic rings. The maximum atomic E-state index is 12.3. The zero-order valence-electron chi connectivity index (χ0n) is 11.5. The third-order valence-electron chi connectivity index (χ3n) is 3.16. The largest absolute Gasteiger partial charge is 0.341 e. The lowest BCUT2D eigenvalue weighted by Crippen LogP contribution is -2.38. The zero-order chi connectivity index (χ0) is 14.6. The summed E-state index contributed by atoms with van der Waals surface area (Å²) in [5.41, 5.74) is 6.61. The van der Waals surface area contributed by atoms with Crippen LogP contribution in [0.2, 0.25) is 10.0 Å². The first-order valence-corrected chi connectivity index (χ1v) is 7.01. The molecule has 0 aliphatic carbocycles. The molecule has 0 aliphatic heterocycles. The second-order valence-electron chi connectivity index (χ2n) is 5.03. The lowest BCUT2D eigenvalue weighted by atomic mass is 9.94. The van der Waals surface area contributed by atoms with Crippen LogP contribution in [-0.2, 0) is 11.3 Å². The number of halogens is 2. The Bertz CT molecular complexity index is 449. The van der Waals surface area contributed by atoms with Crippen LogP contribution >= 0.6 is 23.2 Å². The monoisotopic (exact) mass is 302 g/mol. The minimum absolute atomic E-state index is 0.0589. The first-order chi connectivity index (χ1) is 8.86. The second kappa shape index (κ2) is 7.13. The first kappa shape index (κ1) is 16.3. The highest BCUT2D eigenvalue weighted by atomic mass is 35.5. The van der Waals surface area contributed by atoms with Gasteiger partial charge in [-0.2, -0.15) is 0 Å². The second-order valence-corrected chi connectivity index (χ2v) is 5.84. The van der Waals surface area contributed by atoms with Crippen molar-refractivity contribution in [3.05, 3.63) is 33.8 Å². The summed E-state index contributed by atoms with van der Waals surface area (Å²) in [5, 5.41) is 1.01. The molecule has 1 rings (SSSR count). The minimum Gasteiger partial charge on any atom is -0.341 e. The molecular formula is C14H20Cl2N2O. The Balaban J connectivity index is 2.75. The molecular weight excluding hydrogens is 283 g/mol. The van der Waals surface area contributed by atoms with Gasteiger partial charge in [-0.15, -0.1) is 0 Å². The van der Waals surface area contributed by atoms with Gasteiger partial charge in [0.2, 0.25) is 5.91 Å². The number of rotatable bonds is 5. The SMILES string of the molecule is CC(C)C(CN)C(=O)N(C)Cc1ccc(Cl)c(Cl)c1. The van der Waals surface area contributed by atoms with E-state index in [1.54, 1.807) is 24.1 Å². The quantitative estimate of drug-likeness (QED) is 0.908. The molecule has 1 atom stereocenters. The lowest BCUT2D eigenvalue weighted by molar-refractivity contribution is -0.135. The van der Waals surface area contributed by atoms with Crippen molar-refractivity contribution in [1.82, 2.24) is 4.90 Å². The number of carbonyl (C=O) groups excluding carboxylic acids is 1. The molecule has 2 N–H and O–H groups in total. The Morgan fingerprint density at radius 2 is 1.95 bits per heavy atom. The molecule has 0 bridgehead atoms. The van der Waals surface area contributed by atoms with Crippen LogP contribution in [0.4, 0.5) is 0 Å². The van der Waals surface area contributed by atoms with Crippen molar-refractivity contribution >= 4 is 29.1 Å². The van der Waals surface area contributed by atoms with Crippen molar-refractivity contribution in [2.24, 2.45) is 17.6 Å². The first-order valence-electron chi connectivity index (χ1n) is 6.25. The van der Waals surface area contributed by atoms with E-state index < -0.39 is 0 Å². The zero-order valence-corrected chi connectivity index (χ0v) is 13.0. The summed E-state index contributed by atoms with van der Waals surface area (Å²) in [6, 6.07) is 5.38. The molecule has 0 fully saturated rings. The standard InChI is InChI=1S/C14H20Cl2N2O/c1-9(2)11(7-17)14(19)18(3)8-10-4-5-12(15)13(16)6-10/h4-6,9,11H,7-8,17H2,1-3H3. The van der Waals surface area contributed by atoms with Gasteiger partial charge >= 0.3 is 0 Å². The lowest BCUT2D eigenvalue weighted by Gasteiger charge is -2.25. The molecule has 1 amide bonds. The number of hydrogen-bond acceptors (Lipinski definition) is 2. The smallest absolute Gasteiger partial charge is 0.227 e. The van der Waals surface area contributed by atoms with Crippen molar-refractivity contribution in [3.63, 3.8) is 0 Å². The van der Waals surface area contributed by atoms with Gasteiger partial charge in [-0.25, -0.2) is 0 Å². The molecule has 0 saturated heterocycles. The van der Waals surface area contributed by atoms with Crippen LogP contribution < -0.4 is 5.73 Å². The van der Waals surface area contributed by atoms with Gasteiger partial charge in [-0.1, -0.05) is 43.1 Å². The van der Waals surface area contributed by atoms with Crippen molar-refractivity contribution < 1.29 is 4.79 Å². The normalized spacial score (nSPS) is 12.6. The fourth-order valence-corrected chi connectivity index (χ4v) is 2.25. The summed E-state index contributed by atoms with van der Waals surface area (Å²) in [5.74, 6) is 0.144. The molecule has 1 aromatic carbocycles. The van der Waals surface area contributed by atoms with Crippen LogP contribution in [0.5, 0.6) is 0 Å². The molecule has 0 saturated carbocycles. The Morgan fingerprint density at radius 3 is 2.42 bits per heavy atom. The Morgan fingerprint density at radius 1 is 1.32 bits per heavy atom. The van der Waals surface area contributed by atoms with Crippen LogP contribution in [0.1, 0.15) is 19.4 Å². The fourth-order valence-electron chi connectivity index (χ4n) is 1.93. The van der Waals surface area contributed by atoms with Gasteiger partial charge in [0, 0.05) is 20.1 Å². The van der Waals surface area contributed by atoms with Crippen LogP contribution in [0.3, 0.4) is 0 Å². The predicted molar refractivity (Wildman–Crippen MR) is 80.3 cm³/mol. The summed E-state index contributed by atoms with van der Waals surface area (Å²) in [4.78, 5) is 13.9. The van der Waals surface area contributed by atoms with E-state index in [0.717, 1.165) is 5.56 Å². The predicted octanol–water partition coefficient (Wildman–Crippen LogP) is 3.18. The van der Waals surface area contributed by atoms with Gasteiger partial charge in [0.25, 0.3) is 0 Å². The van der Waals surface area contributed by atoms with E-state index in [0.29, 0.717) is 23.1 Å². The Hall–Kier alpha value is -0.770. The highest BCUT2D eigenvalue weighted by Gasteiger charge is 2.23. The van der Waals surface area contributed by atoms with Crippen molar-refractivity contribution in [2.75, 3.05) is 13.6 Å². The molecule has 0 aliphatic rings. The van der Waals surface area contributed by atoms with E-state index in [-0.39, 0.29) is 17.7 Å². The number of amides is 1. The van der Waals surface area contributed by atoms with E-state index in [1.165, 1.54) is 0 Å². The summed E-state index contributed by atoms with van der Waals surface area (Å²) >= 11 is 11.8. The highest BCUT2D eigenvalue weighted by Crippen LogP contribution is 2.23. The number of carbonyl (C=O) groups is 1. The van der Waals surface area contributed by atoms with E-state index in [2.05, 4.69) is 0 Å². The number of benzene rings is 1. The topological polar surface area (TPSA) is 46.3 Å². The van der Waals surface area contributed by atoms with Crippen molar-refractivity contribution in [2.45, 2.75) is 20.4 Å². The van der Waals surface area contributed by atoms with Crippen LogP contribution in [0.25, 0.3) is 0 Å². The van der Waals surface area contributed by atoms with Gasteiger partial charge in [-0.05, 0) is 23.6 Å². The van der Waals surface area contributed by atoms with Gasteiger partial charge in [0.05, 0.1) is 16.0 Å². The molecule has 106 valence electrons. The fraction of sp³-hybridized carbons (Fsp3) is 0.500. The summed E-state index contributed by atoms with van der Waals surface area (Å²) in [7, 11) is 1.77. The Kier molecular flexibility index (Phi) is 6.11. The minimum atomic E-state index is -0.146. The van der Waals surface area contributed by atoms with Crippen LogP contribution in [0, 0.1) is 11.8 Å². The number of hydrogen-bond donors (Lipinski definition) is 1. The van der Waals surface area contributed by atoms with E-state index >= 15 is 0 Å². The maximum Gasteiger partial charge on any atom is 0.227 e. The summed E-state index contributed by atoms with van der Waals surface area (Å²) in [6.07, 6.45) is 0. The van der Waals surface area contributed by atoms with E-state index in [1.807, 2.05) is 19.9 Å². The molecule has 3 nitrogen and oxygen atoms in total. The third-order valence-corrected chi connectivity index (χ3v) is 3.89. The summed E-state index contributed by atoms with van der Waals surface area (Å²) in [6.45, 7) is 4.87. The molecule has 1 unspecified atom stereocenters. The van der Waals surface area contributed by atoms with Crippen LogP contribution in [-0.4, -0.2) is 24.4 Å². The van der Waals surface area contributed by atoms with Crippen LogP contribution in [0.15, 0.2) is 18.2 Å². The van der Waals surface area contributed by atoms with Crippen molar-refractivity contribution in [1.29, 1.82) is 0 Å². The average molecular weight is 303 g/mol. The molecule has 0 aromatic heterocycles. The molecule has 0 radical (unpaired) electrons. The molecule has 0 heterocycles. The molecule has 19 heavy (non-hydrogen) atoms. The maximum absolute atomic E-state index is 12.3. The van der Waals surface area contributed by atoms with Gasteiger partial charge in [-0.3, -0.25) is 4.79 Å². The highest BCUT2D eigenvalue weighted by molar-refractivity contribution is 6.42. The third kappa shape index (κ3) is 4.37. The Labute approximate surface area is 124 Å². The summed E-state index contributed by atoms with van der Waals surface area (Å²) < 4.78 is 0. The van der Waals surface area contributed by atoms with Gasteiger partial charge in [0.15, 0.2) is 0 Å². The number of nitrogens with zero attached hydrogens (tertiary/aromatic N) is 1. The molecule has 5 heteroatoms. The van der Waals surface area contributed by atoms with E-state index in [4.69, 9.17) is 28.9 Å². The number of nitrogens with two attached hydrogens (primary N) is 1. The average Bonchev–Trinajstić information content (AvgIpc) is 2.34. The van der Waals surface area contributed by atoms with Gasteiger partial charge < -0.3 is 10.6 Å². The molecule has 0 spiro atoms. The van der Waals surface area contributed by atoms with Gasteiger partial charge in [0.1, 0.15) is 0 Å². The van der Waals surface area contributed by atoms with E-state index in [9.17, 15) is 4.79 Å².